The maximum absolute atomic E-state index is 10.8. The van der Waals surface area contributed by atoms with Crippen molar-refractivity contribution in [2.45, 2.75) is 0 Å². The first kappa shape index (κ1) is 7.66. The Labute approximate surface area is 74.8 Å². The van der Waals surface area contributed by atoms with Gasteiger partial charge in [-0.2, -0.15) is 0 Å². The number of nitrogens with zero attached hydrogens (tertiary/aromatic N) is 2. The molecular formula is C7H9N5O. The van der Waals surface area contributed by atoms with E-state index in [1.54, 1.807) is 12.5 Å². The number of urea groups is 1. The SMILES string of the molecule is NC(=O)N1C=C2NNC=NC2=CC1. The number of carbonyl (C=O) groups excluding carboxylic acids is 1. The van der Waals surface area contributed by atoms with E-state index in [9.17, 15) is 4.79 Å². The fourth-order valence-corrected chi connectivity index (χ4v) is 1.15. The van der Waals surface area contributed by atoms with Gasteiger partial charge in [-0.25, -0.2) is 9.79 Å². The van der Waals surface area contributed by atoms with Crippen molar-refractivity contribution >= 4 is 12.4 Å². The van der Waals surface area contributed by atoms with Crippen LogP contribution in [0.5, 0.6) is 0 Å². The van der Waals surface area contributed by atoms with Crippen molar-refractivity contribution in [3.05, 3.63) is 23.7 Å². The first-order chi connectivity index (χ1) is 6.27. The Bertz CT molecular complexity index is 330. The fourth-order valence-electron chi connectivity index (χ4n) is 1.15. The molecule has 0 aromatic heterocycles. The number of rotatable bonds is 0. The van der Waals surface area contributed by atoms with Crippen molar-refractivity contribution < 1.29 is 4.79 Å². The Hall–Kier alpha value is -1.98. The van der Waals surface area contributed by atoms with Crippen LogP contribution >= 0.6 is 0 Å². The molecule has 0 fully saturated rings. The average Bonchev–Trinajstić information content (AvgIpc) is 2.17. The van der Waals surface area contributed by atoms with E-state index in [4.69, 9.17) is 5.73 Å². The van der Waals surface area contributed by atoms with Crippen molar-refractivity contribution in [3.63, 3.8) is 0 Å². The number of nitrogens with one attached hydrogen (secondary N) is 2. The summed E-state index contributed by atoms with van der Waals surface area (Å²) in [4.78, 5) is 16.3. The second-order valence-corrected chi connectivity index (χ2v) is 2.65. The number of hydrogen-bond donors (Lipinski definition) is 3. The molecule has 0 unspecified atom stereocenters. The molecule has 2 heterocycles. The standard InChI is InChI=1S/C7H9N5O/c8-7(13)12-2-1-5-6(3-12)11-10-4-9-5/h1,3-4,11H,2H2,(H2,8,13)(H,9,10). The molecule has 0 radical (unpaired) electrons. The van der Waals surface area contributed by atoms with Crippen LogP contribution in [0.25, 0.3) is 0 Å². The van der Waals surface area contributed by atoms with Crippen LogP contribution < -0.4 is 16.6 Å². The number of fused-ring (bicyclic) bond motifs is 1. The van der Waals surface area contributed by atoms with Crippen LogP contribution in [-0.4, -0.2) is 23.8 Å². The zero-order chi connectivity index (χ0) is 9.26. The number of amides is 2. The highest BCUT2D eigenvalue weighted by Crippen LogP contribution is 2.15. The van der Waals surface area contributed by atoms with Crippen molar-refractivity contribution in [1.29, 1.82) is 0 Å². The van der Waals surface area contributed by atoms with E-state index in [0.29, 0.717) is 6.54 Å². The molecule has 0 aromatic carbocycles. The molecular weight excluding hydrogens is 170 g/mol. The number of hydrazine groups is 1. The van der Waals surface area contributed by atoms with Crippen LogP contribution in [0.2, 0.25) is 0 Å². The highest BCUT2D eigenvalue weighted by molar-refractivity contribution is 5.74. The molecule has 2 amide bonds. The van der Waals surface area contributed by atoms with Crippen LogP contribution in [0.3, 0.4) is 0 Å². The van der Waals surface area contributed by atoms with E-state index in [1.807, 2.05) is 6.08 Å². The van der Waals surface area contributed by atoms with Gasteiger partial charge in [-0.1, -0.05) is 0 Å². The van der Waals surface area contributed by atoms with Crippen molar-refractivity contribution in [2.24, 2.45) is 10.7 Å². The summed E-state index contributed by atoms with van der Waals surface area (Å²) in [5.74, 6) is 0. The largest absolute Gasteiger partial charge is 0.351 e. The normalized spacial score (nSPS) is 19.2. The van der Waals surface area contributed by atoms with Crippen LogP contribution in [0.4, 0.5) is 4.79 Å². The molecule has 6 heteroatoms. The summed E-state index contributed by atoms with van der Waals surface area (Å²) in [7, 11) is 0. The van der Waals surface area contributed by atoms with Gasteiger partial charge in [0.1, 0.15) is 6.34 Å². The van der Waals surface area contributed by atoms with E-state index < -0.39 is 6.03 Å². The first-order valence-electron chi connectivity index (χ1n) is 3.80. The van der Waals surface area contributed by atoms with Crippen LogP contribution in [0.15, 0.2) is 28.7 Å². The third-order valence-electron chi connectivity index (χ3n) is 1.80. The first-order valence-corrected chi connectivity index (χ1v) is 3.80. The van der Waals surface area contributed by atoms with Crippen LogP contribution in [-0.2, 0) is 0 Å². The highest BCUT2D eigenvalue weighted by atomic mass is 16.2. The average molecular weight is 179 g/mol. The van der Waals surface area contributed by atoms with Crippen LogP contribution in [0, 0.1) is 0 Å². The van der Waals surface area contributed by atoms with Gasteiger partial charge in [-0.05, 0) is 6.08 Å². The summed E-state index contributed by atoms with van der Waals surface area (Å²) in [5.41, 5.74) is 12.2. The molecule has 0 atom stereocenters. The van der Waals surface area contributed by atoms with E-state index in [1.165, 1.54) is 4.90 Å². The fraction of sp³-hybridized carbons (Fsp3) is 0.143. The van der Waals surface area contributed by atoms with Gasteiger partial charge in [-0.3, -0.25) is 15.8 Å². The minimum Gasteiger partial charge on any atom is -0.351 e. The predicted octanol–water partition coefficient (Wildman–Crippen LogP) is -0.758. The van der Waals surface area contributed by atoms with Crippen molar-refractivity contribution in [1.82, 2.24) is 15.8 Å². The Morgan fingerprint density at radius 2 is 2.54 bits per heavy atom. The van der Waals surface area contributed by atoms with E-state index in [0.717, 1.165) is 11.4 Å². The lowest BCUT2D eigenvalue weighted by atomic mass is 10.2. The van der Waals surface area contributed by atoms with E-state index >= 15 is 0 Å². The molecule has 0 aliphatic carbocycles. The Morgan fingerprint density at radius 3 is 3.31 bits per heavy atom. The summed E-state index contributed by atoms with van der Waals surface area (Å²) < 4.78 is 0. The molecule has 2 aliphatic heterocycles. The van der Waals surface area contributed by atoms with Crippen molar-refractivity contribution in [3.8, 4) is 0 Å². The molecule has 4 N–H and O–H groups in total. The molecule has 2 rings (SSSR count). The molecule has 68 valence electrons. The molecule has 2 aliphatic rings. The second-order valence-electron chi connectivity index (χ2n) is 2.65. The minimum absolute atomic E-state index is 0.465. The zero-order valence-corrected chi connectivity index (χ0v) is 6.82. The van der Waals surface area contributed by atoms with E-state index in [2.05, 4.69) is 15.8 Å². The lowest BCUT2D eigenvalue weighted by Gasteiger charge is -2.24. The van der Waals surface area contributed by atoms with Gasteiger partial charge in [0.2, 0.25) is 0 Å². The van der Waals surface area contributed by atoms with Crippen LogP contribution in [0.1, 0.15) is 0 Å². The second kappa shape index (κ2) is 2.81. The number of nitrogens with two attached hydrogens (primary N) is 1. The lowest BCUT2D eigenvalue weighted by Crippen LogP contribution is -2.40. The molecule has 0 spiro atoms. The van der Waals surface area contributed by atoms with Gasteiger partial charge < -0.3 is 5.73 Å². The Kier molecular flexibility index (Phi) is 1.66. The summed E-state index contributed by atoms with van der Waals surface area (Å²) in [6.45, 7) is 0.465. The van der Waals surface area contributed by atoms with E-state index in [-0.39, 0.29) is 0 Å². The molecule has 0 aromatic rings. The summed E-state index contributed by atoms with van der Waals surface area (Å²) in [6.07, 6.45) is 4.99. The quantitative estimate of drug-likeness (QED) is 0.457. The van der Waals surface area contributed by atoms with Gasteiger partial charge in [0.25, 0.3) is 0 Å². The van der Waals surface area contributed by atoms with Gasteiger partial charge in [-0.15, -0.1) is 0 Å². The minimum atomic E-state index is -0.473. The summed E-state index contributed by atoms with van der Waals surface area (Å²) >= 11 is 0. The van der Waals surface area contributed by atoms with Crippen molar-refractivity contribution in [2.75, 3.05) is 6.54 Å². The van der Waals surface area contributed by atoms with Gasteiger partial charge >= 0.3 is 6.03 Å². The number of aliphatic imine (C=N–C) groups is 1. The lowest BCUT2D eigenvalue weighted by molar-refractivity contribution is 0.227. The Balaban J connectivity index is 2.25. The molecule has 0 bridgehead atoms. The number of primary amides is 1. The maximum Gasteiger partial charge on any atom is 0.319 e. The Morgan fingerprint density at radius 1 is 1.69 bits per heavy atom. The molecule has 0 saturated heterocycles. The maximum atomic E-state index is 10.8. The number of carbonyl (C=O) groups is 1. The monoisotopic (exact) mass is 179 g/mol. The zero-order valence-electron chi connectivity index (χ0n) is 6.82. The summed E-state index contributed by atoms with van der Waals surface area (Å²) in [5, 5.41) is 0. The third kappa shape index (κ3) is 1.33. The molecule has 0 saturated carbocycles. The smallest absolute Gasteiger partial charge is 0.319 e. The topological polar surface area (TPSA) is 82.8 Å². The molecule has 13 heavy (non-hydrogen) atoms. The molecule has 6 nitrogen and oxygen atoms in total. The van der Waals surface area contributed by atoms with Gasteiger partial charge in [0.15, 0.2) is 0 Å². The predicted molar refractivity (Wildman–Crippen MR) is 47.2 cm³/mol. The highest BCUT2D eigenvalue weighted by Gasteiger charge is 2.16. The van der Waals surface area contributed by atoms with Gasteiger partial charge in [0, 0.05) is 12.7 Å². The summed E-state index contributed by atoms with van der Waals surface area (Å²) in [6, 6.07) is -0.473. The van der Waals surface area contributed by atoms with Gasteiger partial charge in [0.05, 0.1) is 11.4 Å². The third-order valence-corrected chi connectivity index (χ3v) is 1.80. The number of hydrogen-bond acceptors (Lipinski definition) is 4.